The molecule has 2 fully saturated rings. The molecular formula is C11H19NO4S. The number of rotatable bonds is 4. The van der Waals surface area contributed by atoms with Crippen molar-refractivity contribution < 1.29 is 18.3 Å². The number of carbonyl (C=O) groups is 1. The Bertz CT molecular complexity index is 402. The van der Waals surface area contributed by atoms with Crippen molar-refractivity contribution in [3.8, 4) is 0 Å². The number of aliphatic carboxylic acids is 1. The van der Waals surface area contributed by atoms with Crippen LogP contribution in [-0.4, -0.2) is 42.1 Å². The summed E-state index contributed by atoms with van der Waals surface area (Å²) >= 11 is 0. The van der Waals surface area contributed by atoms with E-state index in [-0.39, 0.29) is 17.6 Å². The topological polar surface area (TPSA) is 74.7 Å². The average Bonchev–Trinajstić information content (AvgIpc) is 3.00. The molecule has 98 valence electrons. The largest absolute Gasteiger partial charge is 0.480 e. The summed E-state index contributed by atoms with van der Waals surface area (Å²) in [5.74, 6) is -0.348. The Morgan fingerprint density at radius 2 is 2.00 bits per heavy atom. The minimum atomic E-state index is -3.39. The highest BCUT2D eigenvalue weighted by Gasteiger charge is 2.41. The Kier molecular flexibility index (Phi) is 3.45. The number of hydrogen-bond donors (Lipinski definition) is 1. The van der Waals surface area contributed by atoms with Crippen LogP contribution in [0.15, 0.2) is 0 Å². The number of piperidine rings is 1. The Morgan fingerprint density at radius 1 is 1.35 bits per heavy atom. The molecule has 17 heavy (non-hydrogen) atoms. The second kappa shape index (κ2) is 4.57. The fraction of sp³-hybridized carbons (Fsp3) is 0.909. The number of sulfonamides is 1. The normalized spacial score (nSPS) is 31.4. The molecule has 2 aliphatic rings. The molecule has 0 bridgehead atoms. The van der Waals surface area contributed by atoms with Crippen molar-refractivity contribution in [1.29, 1.82) is 0 Å². The maximum absolute atomic E-state index is 12.1. The third kappa shape index (κ3) is 2.98. The van der Waals surface area contributed by atoms with Gasteiger partial charge in [0.1, 0.15) is 6.04 Å². The first kappa shape index (κ1) is 12.8. The van der Waals surface area contributed by atoms with Crippen LogP contribution < -0.4 is 0 Å². The van der Waals surface area contributed by atoms with E-state index in [0.29, 0.717) is 13.0 Å². The molecule has 6 heteroatoms. The lowest BCUT2D eigenvalue weighted by atomic mass is 9.94. The minimum absolute atomic E-state index is 0.130. The van der Waals surface area contributed by atoms with Crippen LogP contribution in [-0.2, 0) is 14.8 Å². The fourth-order valence-electron chi connectivity index (χ4n) is 2.36. The highest BCUT2D eigenvalue weighted by molar-refractivity contribution is 7.89. The molecule has 0 spiro atoms. The van der Waals surface area contributed by atoms with E-state index in [1.54, 1.807) is 0 Å². The highest BCUT2D eigenvalue weighted by Crippen LogP contribution is 2.33. The van der Waals surface area contributed by atoms with Gasteiger partial charge < -0.3 is 5.11 Å². The first-order valence-electron chi connectivity index (χ1n) is 6.12. The third-order valence-corrected chi connectivity index (χ3v) is 5.65. The maximum Gasteiger partial charge on any atom is 0.322 e. The van der Waals surface area contributed by atoms with Crippen molar-refractivity contribution in [2.45, 2.75) is 38.6 Å². The summed E-state index contributed by atoms with van der Waals surface area (Å²) in [5.41, 5.74) is 0. The van der Waals surface area contributed by atoms with Crippen molar-refractivity contribution in [2.75, 3.05) is 12.3 Å². The second-order valence-corrected chi connectivity index (χ2v) is 7.28. The summed E-state index contributed by atoms with van der Waals surface area (Å²) in [6, 6.07) is -0.859. The van der Waals surface area contributed by atoms with Crippen LogP contribution in [0.25, 0.3) is 0 Å². The zero-order chi connectivity index (χ0) is 12.6. The van der Waals surface area contributed by atoms with E-state index in [1.807, 2.05) is 6.92 Å². The van der Waals surface area contributed by atoms with Gasteiger partial charge in [0, 0.05) is 6.54 Å². The molecule has 2 rings (SSSR count). The van der Waals surface area contributed by atoms with Crippen LogP contribution in [0.2, 0.25) is 0 Å². The van der Waals surface area contributed by atoms with Crippen molar-refractivity contribution in [2.24, 2.45) is 11.8 Å². The van der Waals surface area contributed by atoms with Crippen molar-refractivity contribution >= 4 is 16.0 Å². The lowest BCUT2D eigenvalue weighted by molar-refractivity contribution is -0.143. The first-order valence-corrected chi connectivity index (χ1v) is 7.73. The number of carboxylic acids is 1. The van der Waals surface area contributed by atoms with E-state index in [2.05, 4.69) is 0 Å². The number of nitrogens with zero attached hydrogens (tertiary/aromatic N) is 1. The molecule has 1 aliphatic heterocycles. The summed E-state index contributed by atoms with van der Waals surface area (Å²) in [6.07, 6.45) is 3.11. The van der Waals surface area contributed by atoms with Gasteiger partial charge in [-0.2, -0.15) is 4.31 Å². The molecule has 5 nitrogen and oxygen atoms in total. The summed E-state index contributed by atoms with van der Waals surface area (Å²) in [6.45, 7) is 2.33. The van der Waals surface area contributed by atoms with E-state index in [0.717, 1.165) is 19.3 Å². The molecule has 1 saturated heterocycles. The quantitative estimate of drug-likeness (QED) is 0.816. The summed E-state index contributed by atoms with van der Waals surface area (Å²) in [7, 11) is -3.39. The Hall–Kier alpha value is -0.620. The van der Waals surface area contributed by atoms with Crippen LogP contribution in [0.3, 0.4) is 0 Å². The summed E-state index contributed by atoms with van der Waals surface area (Å²) < 4.78 is 25.5. The Labute approximate surface area is 102 Å². The SMILES string of the molecule is CC1CCN(S(=O)(=O)CC2CC2)C(C(=O)O)C1. The zero-order valence-corrected chi connectivity index (χ0v) is 10.8. The molecular weight excluding hydrogens is 242 g/mol. The molecule has 1 aliphatic carbocycles. The van der Waals surface area contributed by atoms with Crippen LogP contribution in [0.1, 0.15) is 32.6 Å². The van der Waals surface area contributed by atoms with Crippen LogP contribution >= 0.6 is 0 Å². The van der Waals surface area contributed by atoms with Gasteiger partial charge in [-0.3, -0.25) is 4.79 Å². The highest BCUT2D eigenvalue weighted by atomic mass is 32.2. The van der Waals surface area contributed by atoms with Crippen LogP contribution in [0.5, 0.6) is 0 Å². The van der Waals surface area contributed by atoms with Gasteiger partial charge in [0.15, 0.2) is 0 Å². The molecule has 0 aromatic carbocycles. The third-order valence-electron chi connectivity index (χ3n) is 3.60. The average molecular weight is 261 g/mol. The Balaban J connectivity index is 2.13. The molecule has 1 saturated carbocycles. The minimum Gasteiger partial charge on any atom is -0.480 e. The van der Waals surface area contributed by atoms with Crippen molar-refractivity contribution in [3.63, 3.8) is 0 Å². The van der Waals surface area contributed by atoms with Gasteiger partial charge in [-0.25, -0.2) is 8.42 Å². The van der Waals surface area contributed by atoms with Gasteiger partial charge >= 0.3 is 5.97 Å². The van der Waals surface area contributed by atoms with E-state index < -0.39 is 22.0 Å². The van der Waals surface area contributed by atoms with E-state index in [1.165, 1.54) is 4.31 Å². The van der Waals surface area contributed by atoms with Gasteiger partial charge in [0.2, 0.25) is 10.0 Å². The summed E-state index contributed by atoms with van der Waals surface area (Å²) in [5, 5.41) is 9.13. The lowest BCUT2D eigenvalue weighted by Gasteiger charge is -2.34. The lowest BCUT2D eigenvalue weighted by Crippen LogP contribution is -2.50. The molecule has 1 heterocycles. The van der Waals surface area contributed by atoms with E-state index >= 15 is 0 Å². The molecule has 0 aromatic heterocycles. The molecule has 2 atom stereocenters. The zero-order valence-electron chi connectivity index (χ0n) is 10.0. The maximum atomic E-state index is 12.1. The predicted molar refractivity (Wildman–Crippen MR) is 63.0 cm³/mol. The molecule has 0 radical (unpaired) electrons. The van der Waals surface area contributed by atoms with E-state index in [9.17, 15) is 13.2 Å². The molecule has 1 N–H and O–H groups in total. The molecule has 0 aromatic rings. The summed E-state index contributed by atoms with van der Waals surface area (Å²) in [4.78, 5) is 11.2. The molecule has 0 amide bonds. The van der Waals surface area contributed by atoms with Crippen LogP contribution in [0, 0.1) is 11.8 Å². The smallest absolute Gasteiger partial charge is 0.322 e. The van der Waals surface area contributed by atoms with Gasteiger partial charge in [0.05, 0.1) is 5.75 Å². The standard InChI is InChI=1S/C11H19NO4S/c1-8-4-5-12(10(6-8)11(13)14)17(15,16)7-9-2-3-9/h8-10H,2-7H2,1H3,(H,13,14). The second-order valence-electron chi connectivity index (χ2n) is 5.32. The van der Waals surface area contributed by atoms with Gasteiger partial charge in [-0.1, -0.05) is 6.92 Å². The van der Waals surface area contributed by atoms with Gasteiger partial charge in [0.25, 0.3) is 0 Å². The van der Waals surface area contributed by atoms with Crippen molar-refractivity contribution in [3.05, 3.63) is 0 Å². The molecule has 2 unspecified atom stereocenters. The monoisotopic (exact) mass is 261 g/mol. The van der Waals surface area contributed by atoms with Gasteiger partial charge in [-0.15, -0.1) is 0 Å². The fourth-order valence-corrected chi connectivity index (χ4v) is 4.42. The van der Waals surface area contributed by atoms with E-state index in [4.69, 9.17) is 5.11 Å². The first-order chi connectivity index (χ1) is 7.90. The number of hydrogen-bond acceptors (Lipinski definition) is 3. The predicted octanol–water partition coefficient (Wildman–Crippen LogP) is 0.911. The number of carboxylic acid groups (broad SMARTS) is 1. The van der Waals surface area contributed by atoms with Gasteiger partial charge in [-0.05, 0) is 37.5 Å². The van der Waals surface area contributed by atoms with Crippen molar-refractivity contribution in [1.82, 2.24) is 4.31 Å². The van der Waals surface area contributed by atoms with Crippen LogP contribution in [0.4, 0.5) is 0 Å². The Morgan fingerprint density at radius 3 is 2.53 bits per heavy atom.